The van der Waals surface area contributed by atoms with Crippen molar-refractivity contribution in [3.05, 3.63) is 59.7 Å². The molecule has 1 aromatic carbocycles. The van der Waals surface area contributed by atoms with Crippen LogP contribution in [0.3, 0.4) is 0 Å². The molecule has 12 heteroatoms. The van der Waals surface area contributed by atoms with Gasteiger partial charge in [-0.05, 0) is 37.7 Å². The fraction of sp³-hybridized carbons (Fsp3) is 0.516. The third kappa shape index (κ3) is 8.36. The van der Waals surface area contributed by atoms with E-state index in [2.05, 4.69) is 25.9 Å². The van der Waals surface area contributed by atoms with Crippen LogP contribution in [-0.2, 0) is 25.6 Å². The standard InChI is InChI=1S/C31H41N7O5/c1-19(2)26-31(43)37(4)18-25(39)35-24(15-21-9-6-5-7-10-21)29(41)32-13-8-14-38(20(3)28(40)36-26)30(42)23-16-33-27(34-17-23)22-11-12-22/h5-7,9-10,16-17,19-20,22,24,26H,8,11-15,18H2,1-4H3,(H,32,41)(H,35,39)(H,36,40)/t20-,24+,26+/m1/s1. The van der Waals surface area contributed by atoms with Gasteiger partial charge in [-0.2, -0.15) is 0 Å². The Morgan fingerprint density at radius 1 is 1.00 bits per heavy atom. The molecule has 1 aliphatic heterocycles. The quantitative estimate of drug-likeness (QED) is 0.469. The van der Waals surface area contributed by atoms with Crippen LogP contribution >= 0.6 is 0 Å². The zero-order chi connectivity index (χ0) is 31.1. The molecule has 43 heavy (non-hydrogen) atoms. The molecule has 1 saturated carbocycles. The number of nitrogens with one attached hydrogen (secondary N) is 3. The number of hydrogen-bond acceptors (Lipinski definition) is 7. The Balaban J connectivity index is 1.58. The molecule has 2 aromatic rings. The predicted octanol–water partition coefficient (Wildman–Crippen LogP) is 1.03. The van der Waals surface area contributed by atoms with Gasteiger partial charge in [0.05, 0.1) is 12.1 Å². The highest BCUT2D eigenvalue weighted by Gasteiger charge is 2.34. The minimum Gasteiger partial charge on any atom is -0.354 e. The lowest BCUT2D eigenvalue weighted by Crippen LogP contribution is -2.57. The summed E-state index contributed by atoms with van der Waals surface area (Å²) in [5.74, 6) is -1.51. The summed E-state index contributed by atoms with van der Waals surface area (Å²) >= 11 is 0. The number of likely N-dealkylation sites (N-methyl/N-ethyl adjacent to an activating group) is 1. The second-order valence-electron chi connectivity index (χ2n) is 11.7. The maximum atomic E-state index is 13.6. The number of hydrogen-bond donors (Lipinski definition) is 3. The molecular weight excluding hydrogens is 550 g/mol. The Morgan fingerprint density at radius 2 is 1.67 bits per heavy atom. The summed E-state index contributed by atoms with van der Waals surface area (Å²) in [6.45, 7) is 5.25. The molecule has 2 aliphatic rings. The molecule has 4 rings (SSSR count). The first-order valence-electron chi connectivity index (χ1n) is 14.8. The predicted molar refractivity (Wildman–Crippen MR) is 159 cm³/mol. The van der Waals surface area contributed by atoms with Crippen LogP contribution in [0.5, 0.6) is 0 Å². The lowest BCUT2D eigenvalue weighted by Gasteiger charge is -2.32. The Hall–Kier alpha value is -4.35. The van der Waals surface area contributed by atoms with Gasteiger partial charge in [0.25, 0.3) is 5.91 Å². The van der Waals surface area contributed by atoms with Crippen LogP contribution in [0.4, 0.5) is 0 Å². The van der Waals surface area contributed by atoms with Crippen molar-refractivity contribution in [3.8, 4) is 0 Å². The van der Waals surface area contributed by atoms with Crippen LogP contribution in [0.1, 0.15) is 67.7 Å². The van der Waals surface area contributed by atoms with E-state index in [4.69, 9.17) is 0 Å². The number of nitrogens with zero attached hydrogens (tertiary/aromatic N) is 4. The van der Waals surface area contributed by atoms with Gasteiger partial charge in [0.15, 0.2) is 0 Å². The van der Waals surface area contributed by atoms with Crippen molar-refractivity contribution in [2.45, 2.75) is 70.5 Å². The minimum atomic E-state index is -0.937. The van der Waals surface area contributed by atoms with Gasteiger partial charge in [0.2, 0.25) is 23.6 Å². The number of amides is 5. The fourth-order valence-electron chi connectivity index (χ4n) is 4.98. The Bertz CT molecular complexity index is 1310. The summed E-state index contributed by atoms with van der Waals surface area (Å²) in [5.41, 5.74) is 1.12. The van der Waals surface area contributed by atoms with Gasteiger partial charge in [-0.3, -0.25) is 24.0 Å². The zero-order valence-electron chi connectivity index (χ0n) is 25.2. The number of benzene rings is 1. The molecule has 2 heterocycles. The number of rotatable bonds is 5. The molecule has 3 N–H and O–H groups in total. The van der Waals surface area contributed by atoms with Crippen LogP contribution in [0.25, 0.3) is 0 Å². The summed E-state index contributed by atoms with van der Waals surface area (Å²) in [7, 11) is 1.48. The Labute approximate surface area is 252 Å². The molecule has 0 radical (unpaired) electrons. The van der Waals surface area contributed by atoms with Crippen molar-refractivity contribution in [2.24, 2.45) is 5.92 Å². The number of carbonyl (C=O) groups is 5. The molecule has 2 fully saturated rings. The maximum absolute atomic E-state index is 13.6. The van der Waals surface area contributed by atoms with Crippen molar-refractivity contribution >= 4 is 29.5 Å². The normalized spacial score (nSPS) is 23.0. The average Bonchev–Trinajstić information content (AvgIpc) is 3.84. The molecule has 0 bridgehead atoms. The van der Waals surface area contributed by atoms with E-state index < -0.39 is 41.8 Å². The Morgan fingerprint density at radius 3 is 2.30 bits per heavy atom. The Kier molecular flexibility index (Phi) is 10.4. The lowest BCUT2D eigenvalue weighted by molar-refractivity contribution is -0.140. The molecule has 3 atom stereocenters. The van der Waals surface area contributed by atoms with E-state index in [9.17, 15) is 24.0 Å². The van der Waals surface area contributed by atoms with Gasteiger partial charge in [0, 0.05) is 44.9 Å². The van der Waals surface area contributed by atoms with Gasteiger partial charge in [-0.15, -0.1) is 0 Å². The van der Waals surface area contributed by atoms with Gasteiger partial charge in [-0.25, -0.2) is 9.97 Å². The first-order chi connectivity index (χ1) is 20.5. The highest BCUT2D eigenvalue weighted by Crippen LogP contribution is 2.37. The van der Waals surface area contributed by atoms with E-state index in [0.29, 0.717) is 18.2 Å². The van der Waals surface area contributed by atoms with Crippen molar-refractivity contribution in [3.63, 3.8) is 0 Å². The third-order valence-electron chi connectivity index (χ3n) is 7.77. The van der Waals surface area contributed by atoms with Crippen LogP contribution < -0.4 is 16.0 Å². The molecule has 1 aliphatic carbocycles. The molecular formula is C31H41N7O5. The highest BCUT2D eigenvalue weighted by molar-refractivity contribution is 5.98. The monoisotopic (exact) mass is 591 g/mol. The first kappa shape index (κ1) is 31.6. The molecule has 0 unspecified atom stereocenters. The lowest BCUT2D eigenvalue weighted by atomic mass is 10.0. The second kappa shape index (κ2) is 14.2. The highest BCUT2D eigenvalue weighted by atomic mass is 16.2. The molecule has 12 nitrogen and oxygen atoms in total. The summed E-state index contributed by atoms with van der Waals surface area (Å²) in [4.78, 5) is 78.0. The first-order valence-corrected chi connectivity index (χ1v) is 14.8. The van der Waals surface area contributed by atoms with Crippen LogP contribution in [0.15, 0.2) is 42.7 Å². The van der Waals surface area contributed by atoms with Crippen molar-refractivity contribution in [1.29, 1.82) is 0 Å². The van der Waals surface area contributed by atoms with Crippen molar-refractivity contribution < 1.29 is 24.0 Å². The van der Waals surface area contributed by atoms with E-state index in [1.807, 2.05) is 30.3 Å². The summed E-state index contributed by atoms with van der Waals surface area (Å²) < 4.78 is 0. The van der Waals surface area contributed by atoms with Crippen LogP contribution in [-0.4, -0.2) is 94.1 Å². The topological polar surface area (TPSA) is 154 Å². The SMILES string of the molecule is CC(C)[C@@H]1NC(=O)[C@@H](C)N(C(=O)c2cnc(C3CC3)nc2)CCCNC(=O)[C@H](Cc2ccccc2)NC(=O)CN(C)C1=O. The second-order valence-corrected chi connectivity index (χ2v) is 11.7. The van der Waals surface area contributed by atoms with Gasteiger partial charge in [-0.1, -0.05) is 44.2 Å². The van der Waals surface area contributed by atoms with Gasteiger partial charge < -0.3 is 25.8 Å². The smallest absolute Gasteiger partial charge is 0.257 e. The molecule has 230 valence electrons. The van der Waals surface area contributed by atoms with Crippen molar-refractivity contribution in [1.82, 2.24) is 35.7 Å². The largest absolute Gasteiger partial charge is 0.354 e. The van der Waals surface area contributed by atoms with E-state index in [-0.39, 0.29) is 43.4 Å². The molecule has 5 amide bonds. The van der Waals surface area contributed by atoms with E-state index >= 15 is 0 Å². The number of carbonyl (C=O) groups excluding carboxylic acids is 5. The van der Waals surface area contributed by atoms with E-state index in [0.717, 1.165) is 18.4 Å². The molecule has 0 spiro atoms. The van der Waals surface area contributed by atoms with Crippen LogP contribution in [0.2, 0.25) is 0 Å². The van der Waals surface area contributed by atoms with Crippen LogP contribution in [0, 0.1) is 5.92 Å². The third-order valence-corrected chi connectivity index (χ3v) is 7.77. The average molecular weight is 592 g/mol. The number of aromatic nitrogens is 2. The fourth-order valence-corrected chi connectivity index (χ4v) is 4.98. The van der Waals surface area contributed by atoms with Crippen molar-refractivity contribution in [2.75, 3.05) is 26.7 Å². The van der Waals surface area contributed by atoms with Gasteiger partial charge in [0.1, 0.15) is 23.9 Å². The van der Waals surface area contributed by atoms with Gasteiger partial charge >= 0.3 is 0 Å². The summed E-state index contributed by atoms with van der Waals surface area (Å²) in [6.07, 6.45) is 5.64. The molecule has 1 aromatic heterocycles. The van der Waals surface area contributed by atoms with E-state index in [1.165, 1.54) is 29.2 Å². The van der Waals surface area contributed by atoms with E-state index in [1.54, 1.807) is 20.8 Å². The zero-order valence-corrected chi connectivity index (χ0v) is 25.2. The molecule has 1 saturated heterocycles. The maximum Gasteiger partial charge on any atom is 0.257 e. The summed E-state index contributed by atoms with van der Waals surface area (Å²) in [6, 6.07) is 6.59. The summed E-state index contributed by atoms with van der Waals surface area (Å²) in [5, 5.41) is 8.42. The minimum absolute atomic E-state index is 0.147.